The van der Waals surface area contributed by atoms with Crippen molar-refractivity contribution >= 4 is 24.8 Å². The van der Waals surface area contributed by atoms with Crippen LogP contribution in [0.1, 0.15) is 5.89 Å². The van der Waals surface area contributed by atoms with Crippen LogP contribution in [0.15, 0.2) is 28.8 Å². The number of hydrogen-bond acceptors (Lipinski definition) is 5. The summed E-state index contributed by atoms with van der Waals surface area (Å²) in [6.07, 6.45) is 0. The van der Waals surface area contributed by atoms with E-state index in [0.29, 0.717) is 18.3 Å². The predicted molar refractivity (Wildman–Crippen MR) is 82.3 cm³/mol. The molecule has 5 nitrogen and oxygen atoms in total. The molecule has 0 aliphatic carbocycles. The van der Waals surface area contributed by atoms with Gasteiger partial charge in [0, 0.05) is 31.7 Å². The van der Waals surface area contributed by atoms with Crippen molar-refractivity contribution in [2.24, 2.45) is 0 Å². The van der Waals surface area contributed by atoms with Crippen LogP contribution in [0, 0.1) is 5.82 Å². The molecule has 0 amide bonds. The summed E-state index contributed by atoms with van der Waals surface area (Å²) in [5, 5.41) is 7.22. The third kappa shape index (κ3) is 4.64. The summed E-state index contributed by atoms with van der Waals surface area (Å²) < 4.78 is 18.1. The van der Waals surface area contributed by atoms with Gasteiger partial charge in [0.2, 0.25) is 11.7 Å². The van der Waals surface area contributed by atoms with Gasteiger partial charge in [0.1, 0.15) is 5.82 Å². The number of nitrogens with one attached hydrogen (secondary N) is 1. The van der Waals surface area contributed by atoms with Gasteiger partial charge in [-0.1, -0.05) is 5.16 Å². The Balaban J connectivity index is 0.00000110. The first-order valence-electron chi connectivity index (χ1n) is 6.33. The van der Waals surface area contributed by atoms with Crippen molar-refractivity contribution in [3.63, 3.8) is 0 Å². The van der Waals surface area contributed by atoms with E-state index < -0.39 is 0 Å². The second kappa shape index (κ2) is 8.29. The molecule has 2 heterocycles. The molecule has 1 fully saturated rings. The minimum Gasteiger partial charge on any atom is -0.338 e. The van der Waals surface area contributed by atoms with E-state index >= 15 is 0 Å². The highest BCUT2D eigenvalue weighted by molar-refractivity contribution is 5.85. The van der Waals surface area contributed by atoms with Crippen LogP contribution in [0.25, 0.3) is 11.4 Å². The molecule has 8 heteroatoms. The van der Waals surface area contributed by atoms with E-state index in [1.165, 1.54) is 12.1 Å². The molecule has 21 heavy (non-hydrogen) atoms. The van der Waals surface area contributed by atoms with Crippen molar-refractivity contribution in [3.05, 3.63) is 36.0 Å². The molecule has 3 rings (SSSR count). The number of halogens is 3. The molecule has 1 saturated heterocycles. The molecule has 0 unspecified atom stereocenters. The maximum absolute atomic E-state index is 12.8. The highest BCUT2D eigenvalue weighted by Gasteiger charge is 2.14. The van der Waals surface area contributed by atoms with Gasteiger partial charge < -0.3 is 9.84 Å². The molecule has 116 valence electrons. The maximum atomic E-state index is 12.8. The molecule has 1 N–H and O–H groups in total. The van der Waals surface area contributed by atoms with Gasteiger partial charge >= 0.3 is 0 Å². The van der Waals surface area contributed by atoms with Crippen LogP contribution in [-0.4, -0.2) is 41.2 Å². The van der Waals surface area contributed by atoms with Crippen molar-refractivity contribution in [3.8, 4) is 11.4 Å². The Bertz CT molecular complexity index is 543. The Labute approximate surface area is 134 Å². The van der Waals surface area contributed by atoms with Gasteiger partial charge in [-0.05, 0) is 24.3 Å². The summed E-state index contributed by atoms with van der Waals surface area (Å²) in [7, 11) is 0. The van der Waals surface area contributed by atoms with Crippen molar-refractivity contribution in [2.45, 2.75) is 6.54 Å². The molecule has 0 atom stereocenters. The Morgan fingerprint density at radius 1 is 1.14 bits per heavy atom. The van der Waals surface area contributed by atoms with Crippen LogP contribution in [0.4, 0.5) is 4.39 Å². The van der Waals surface area contributed by atoms with Gasteiger partial charge in [0.15, 0.2) is 0 Å². The molecule has 0 bridgehead atoms. The van der Waals surface area contributed by atoms with Gasteiger partial charge in [-0.15, -0.1) is 24.8 Å². The lowest BCUT2D eigenvalue weighted by atomic mass is 10.2. The zero-order valence-corrected chi connectivity index (χ0v) is 12.9. The van der Waals surface area contributed by atoms with Crippen molar-refractivity contribution in [1.29, 1.82) is 0 Å². The molecule has 1 aliphatic heterocycles. The topological polar surface area (TPSA) is 54.2 Å². The Kier molecular flexibility index (Phi) is 7.04. The van der Waals surface area contributed by atoms with Crippen molar-refractivity contribution in [1.82, 2.24) is 20.4 Å². The van der Waals surface area contributed by atoms with Crippen LogP contribution >= 0.6 is 24.8 Å². The largest absolute Gasteiger partial charge is 0.338 e. The first-order chi connectivity index (χ1) is 9.31. The first-order valence-corrected chi connectivity index (χ1v) is 6.33. The Hall–Kier alpha value is -1.21. The van der Waals surface area contributed by atoms with E-state index in [-0.39, 0.29) is 30.6 Å². The number of nitrogens with zero attached hydrogens (tertiary/aromatic N) is 3. The van der Waals surface area contributed by atoms with Crippen LogP contribution in [0.3, 0.4) is 0 Å². The molecule has 2 aromatic rings. The number of rotatable bonds is 3. The van der Waals surface area contributed by atoms with Crippen LogP contribution in [-0.2, 0) is 6.54 Å². The number of hydrogen-bond donors (Lipinski definition) is 1. The Morgan fingerprint density at radius 2 is 1.81 bits per heavy atom. The molecular weight excluding hydrogens is 318 g/mol. The molecule has 1 aromatic heterocycles. The fraction of sp³-hybridized carbons (Fsp3) is 0.385. The van der Waals surface area contributed by atoms with E-state index in [4.69, 9.17) is 4.52 Å². The molecule has 1 aliphatic rings. The zero-order valence-electron chi connectivity index (χ0n) is 11.3. The van der Waals surface area contributed by atoms with Crippen LogP contribution in [0.2, 0.25) is 0 Å². The number of benzene rings is 1. The molecule has 1 aromatic carbocycles. The van der Waals surface area contributed by atoms with Crippen molar-refractivity contribution in [2.75, 3.05) is 26.2 Å². The summed E-state index contributed by atoms with van der Waals surface area (Å²) in [6.45, 7) is 4.59. The normalized spacial score (nSPS) is 15.1. The predicted octanol–water partition coefficient (Wildman–Crippen LogP) is 2.12. The van der Waals surface area contributed by atoms with Crippen molar-refractivity contribution < 1.29 is 8.91 Å². The average Bonchev–Trinajstić information content (AvgIpc) is 2.89. The van der Waals surface area contributed by atoms with E-state index in [2.05, 4.69) is 20.4 Å². The number of aromatic nitrogens is 2. The molecule has 0 radical (unpaired) electrons. The zero-order chi connectivity index (χ0) is 13.1. The van der Waals surface area contributed by atoms with Crippen LogP contribution < -0.4 is 5.32 Å². The Morgan fingerprint density at radius 3 is 2.48 bits per heavy atom. The van der Waals surface area contributed by atoms with E-state index in [1.54, 1.807) is 12.1 Å². The summed E-state index contributed by atoms with van der Waals surface area (Å²) in [5.74, 6) is 0.833. The van der Waals surface area contributed by atoms with E-state index in [1.807, 2.05) is 0 Å². The highest BCUT2D eigenvalue weighted by Crippen LogP contribution is 2.16. The molecular formula is C13H17Cl2FN4O. The summed E-state index contributed by atoms with van der Waals surface area (Å²) in [6, 6.07) is 6.08. The highest BCUT2D eigenvalue weighted by atomic mass is 35.5. The monoisotopic (exact) mass is 334 g/mol. The summed E-state index contributed by atoms with van der Waals surface area (Å²) in [5.41, 5.74) is 0.761. The second-order valence-electron chi connectivity index (χ2n) is 4.54. The molecule has 0 spiro atoms. The first kappa shape index (κ1) is 17.8. The minimum atomic E-state index is -0.270. The summed E-state index contributed by atoms with van der Waals surface area (Å²) in [4.78, 5) is 6.60. The summed E-state index contributed by atoms with van der Waals surface area (Å²) >= 11 is 0. The average molecular weight is 335 g/mol. The standard InChI is InChI=1S/C13H15FN4O.2ClH/c14-11-3-1-10(2-4-11)13-16-12(19-17-13)9-18-7-5-15-6-8-18;;/h1-4,15H,5-9H2;2*1H. The molecule has 0 saturated carbocycles. The van der Waals surface area contributed by atoms with Crippen LogP contribution in [0.5, 0.6) is 0 Å². The van der Waals surface area contributed by atoms with Gasteiger partial charge in [-0.25, -0.2) is 4.39 Å². The quantitative estimate of drug-likeness (QED) is 0.931. The van der Waals surface area contributed by atoms with Gasteiger partial charge in [-0.3, -0.25) is 4.90 Å². The van der Waals surface area contributed by atoms with Gasteiger partial charge in [-0.2, -0.15) is 4.98 Å². The smallest absolute Gasteiger partial charge is 0.241 e. The lowest BCUT2D eigenvalue weighted by molar-refractivity contribution is 0.203. The van der Waals surface area contributed by atoms with Gasteiger partial charge in [0.25, 0.3) is 0 Å². The lowest BCUT2D eigenvalue weighted by Crippen LogP contribution is -2.42. The van der Waals surface area contributed by atoms with E-state index in [0.717, 1.165) is 31.7 Å². The SMILES string of the molecule is Cl.Cl.Fc1ccc(-c2noc(CN3CCNCC3)n2)cc1. The lowest BCUT2D eigenvalue weighted by Gasteiger charge is -2.25. The third-order valence-electron chi connectivity index (χ3n) is 3.14. The second-order valence-corrected chi connectivity index (χ2v) is 4.54. The van der Waals surface area contributed by atoms with E-state index in [9.17, 15) is 4.39 Å². The fourth-order valence-electron chi connectivity index (χ4n) is 2.10. The maximum Gasteiger partial charge on any atom is 0.241 e. The minimum absolute atomic E-state index is 0. The fourth-order valence-corrected chi connectivity index (χ4v) is 2.10. The number of piperazine rings is 1. The van der Waals surface area contributed by atoms with Gasteiger partial charge in [0.05, 0.1) is 6.54 Å². The third-order valence-corrected chi connectivity index (χ3v) is 3.14.